The maximum Gasteiger partial charge on any atom is 0.387 e. The zero-order chi connectivity index (χ0) is 13.4. The number of carbonyl (C=O) groups excluding carboxylic acids is 1. The molecule has 0 aliphatic rings. The van der Waals surface area contributed by atoms with Crippen molar-refractivity contribution >= 4 is 12.0 Å². The molecule has 0 aliphatic heterocycles. The normalized spacial score (nSPS) is 10.3. The van der Waals surface area contributed by atoms with Crippen molar-refractivity contribution < 1.29 is 18.3 Å². The van der Waals surface area contributed by atoms with Gasteiger partial charge in [0.1, 0.15) is 5.75 Å². The maximum absolute atomic E-state index is 12.1. The summed E-state index contributed by atoms with van der Waals surface area (Å²) in [4.78, 5) is 11.2. The average molecular weight is 251 g/mol. The number of hydrogen-bond donors (Lipinski definition) is 1. The lowest BCUT2D eigenvalue weighted by molar-refractivity contribution is -0.116. The Hall–Kier alpha value is -2.35. The van der Waals surface area contributed by atoms with Gasteiger partial charge in [0.25, 0.3) is 0 Å². The van der Waals surface area contributed by atoms with E-state index in [4.69, 9.17) is 6.42 Å². The summed E-state index contributed by atoms with van der Waals surface area (Å²) >= 11 is 0. The molecule has 0 spiro atoms. The van der Waals surface area contributed by atoms with E-state index in [1.165, 1.54) is 18.2 Å². The van der Waals surface area contributed by atoms with E-state index < -0.39 is 12.5 Å². The Bertz CT molecular complexity index is 478. The molecule has 1 amide bonds. The quantitative estimate of drug-likeness (QED) is 0.642. The van der Waals surface area contributed by atoms with Crippen molar-refractivity contribution in [2.24, 2.45) is 0 Å². The Balaban J connectivity index is 2.74. The van der Waals surface area contributed by atoms with E-state index in [9.17, 15) is 13.6 Å². The van der Waals surface area contributed by atoms with E-state index in [2.05, 4.69) is 16.0 Å². The number of hydrogen-bond acceptors (Lipinski definition) is 2. The zero-order valence-electron chi connectivity index (χ0n) is 9.40. The molecular formula is C13H11F2NO2. The molecule has 1 aromatic carbocycles. The standard InChI is InChI=1S/C13H11F2NO2/c1-2-9-16-12(17)8-7-10-5-3-4-6-11(10)18-13(14)15/h1,3-8,13H,9H2,(H,16,17)/b8-7+. The van der Waals surface area contributed by atoms with Crippen molar-refractivity contribution in [3.8, 4) is 18.1 Å². The summed E-state index contributed by atoms with van der Waals surface area (Å²) in [5.41, 5.74) is 0.383. The molecule has 0 saturated carbocycles. The molecule has 1 N–H and O–H groups in total. The molecule has 0 aromatic heterocycles. The SMILES string of the molecule is C#CCNC(=O)/C=C/c1ccccc1OC(F)F. The predicted octanol–water partition coefficient (Wildman–Crippen LogP) is 2.05. The van der Waals surface area contributed by atoms with E-state index in [-0.39, 0.29) is 12.3 Å². The van der Waals surface area contributed by atoms with Crippen LogP contribution in [0, 0.1) is 12.3 Å². The lowest BCUT2D eigenvalue weighted by Crippen LogP contribution is -2.20. The van der Waals surface area contributed by atoms with Crippen molar-refractivity contribution in [3.05, 3.63) is 35.9 Å². The molecule has 0 saturated heterocycles. The van der Waals surface area contributed by atoms with E-state index in [1.54, 1.807) is 18.2 Å². The fourth-order valence-corrected chi connectivity index (χ4v) is 1.18. The topological polar surface area (TPSA) is 38.3 Å². The van der Waals surface area contributed by atoms with Gasteiger partial charge in [-0.3, -0.25) is 4.79 Å². The molecule has 3 nitrogen and oxygen atoms in total. The van der Waals surface area contributed by atoms with Crippen molar-refractivity contribution in [3.63, 3.8) is 0 Å². The van der Waals surface area contributed by atoms with Crippen LogP contribution in [0.15, 0.2) is 30.3 Å². The van der Waals surface area contributed by atoms with Crippen molar-refractivity contribution in [2.75, 3.05) is 6.54 Å². The van der Waals surface area contributed by atoms with E-state index in [1.807, 2.05) is 0 Å². The van der Waals surface area contributed by atoms with Crippen molar-refractivity contribution in [1.82, 2.24) is 5.32 Å². The summed E-state index contributed by atoms with van der Waals surface area (Å²) in [6.45, 7) is -2.80. The highest BCUT2D eigenvalue weighted by Crippen LogP contribution is 2.21. The maximum atomic E-state index is 12.1. The summed E-state index contributed by atoms with van der Waals surface area (Å²) in [7, 11) is 0. The van der Waals surface area contributed by atoms with Gasteiger partial charge in [0.05, 0.1) is 6.54 Å². The number of ether oxygens (including phenoxy) is 1. The monoisotopic (exact) mass is 251 g/mol. The lowest BCUT2D eigenvalue weighted by atomic mass is 10.2. The van der Waals surface area contributed by atoms with Gasteiger partial charge in [0, 0.05) is 11.6 Å². The third-order valence-corrected chi connectivity index (χ3v) is 1.91. The molecule has 0 bridgehead atoms. The molecule has 0 fully saturated rings. The second-order valence-corrected chi connectivity index (χ2v) is 3.17. The number of amides is 1. The summed E-state index contributed by atoms with van der Waals surface area (Å²) in [6.07, 6.45) is 7.55. The molecule has 94 valence electrons. The molecule has 5 heteroatoms. The largest absolute Gasteiger partial charge is 0.434 e. The van der Waals surface area contributed by atoms with Crippen molar-refractivity contribution in [1.29, 1.82) is 0 Å². The number of carbonyl (C=O) groups is 1. The number of halogens is 2. The van der Waals surface area contributed by atoms with Crippen LogP contribution in [0.4, 0.5) is 8.78 Å². The number of nitrogens with one attached hydrogen (secondary N) is 1. The summed E-state index contributed by atoms with van der Waals surface area (Å²) in [5, 5.41) is 2.41. The van der Waals surface area contributed by atoms with Gasteiger partial charge in [-0.15, -0.1) is 6.42 Å². The first kappa shape index (κ1) is 13.7. The first-order valence-corrected chi connectivity index (χ1v) is 5.06. The molecular weight excluding hydrogens is 240 g/mol. The van der Waals surface area contributed by atoms with Crippen LogP contribution < -0.4 is 10.1 Å². The first-order valence-electron chi connectivity index (χ1n) is 5.06. The molecule has 0 heterocycles. The molecule has 1 rings (SSSR count). The highest BCUT2D eigenvalue weighted by Gasteiger charge is 2.07. The Morgan fingerprint density at radius 2 is 2.22 bits per heavy atom. The van der Waals surface area contributed by atoms with Gasteiger partial charge < -0.3 is 10.1 Å². The number of rotatable bonds is 5. The van der Waals surface area contributed by atoms with E-state index in [0.717, 1.165) is 0 Å². The predicted molar refractivity (Wildman–Crippen MR) is 64.0 cm³/mol. The summed E-state index contributed by atoms with van der Waals surface area (Å²) < 4.78 is 28.5. The van der Waals surface area contributed by atoms with Gasteiger partial charge in [-0.2, -0.15) is 8.78 Å². The highest BCUT2D eigenvalue weighted by molar-refractivity contribution is 5.92. The van der Waals surface area contributed by atoms with Gasteiger partial charge in [-0.25, -0.2) is 0 Å². The Labute approximate surface area is 103 Å². The van der Waals surface area contributed by atoms with Crippen LogP contribution in [-0.4, -0.2) is 19.1 Å². The Kier molecular flexibility index (Phi) is 5.39. The number of para-hydroxylation sites is 1. The van der Waals surface area contributed by atoms with Gasteiger partial charge in [0.2, 0.25) is 5.91 Å². The van der Waals surface area contributed by atoms with Crippen LogP contribution in [0.2, 0.25) is 0 Å². The third-order valence-electron chi connectivity index (χ3n) is 1.91. The minimum atomic E-state index is -2.91. The fourth-order valence-electron chi connectivity index (χ4n) is 1.18. The highest BCUT2D eigenvalue weighted by atomic mass is 19.3. The van der Waals surface area contributed by atoms with Gasteiger partial charge in [0.15, 0.2) is 0 Å². The Morgan fingerprint density at radius 3 is 2.89 bits per heavy atom. The number of alkyl halides is 2. The van der Waals surface area contributed by atoms with Crippen LogP contribution >= 0.6 is 0 Å². The summed E-state index contributed by atoms with van der Waals surface area (Å²) in [6, 6.07) is 6.17. The van der Waals surface area contributed by atoms with Crippen LogP contribution in [0.1, 0.15) is 5.56 Å². The lowest BCUT2D eigenvalue weighted by Gasteiger charge is -2.07. The van der Waals surface area contributed by atoms with Crippen LogP contribution in [-0.2, 0) is 4.79 Å². The van der Waals surface area contributed by atoms with Gasteiger partial charge in [-0.1, -0.05) is 24.1 Å². The molecule has 18 heavy (non-hydrogen) atoms. The Morgan fingerprint density at radius 1 is 1.50 bits per heavy atom. The third kappa shape index (κ3) is 4.66. The number of benzene rings is 1. The fraction of sp³-hybridized carbons (Fsp3) is 0.154. The second kappa shape index (κ2) is 7.07. The minimum Gasteiger partial charge on any atom is -0.434 e. The molecule has 0 unspecified atom stereocenters. The second-order valence-electron chi connectivity index (χ2n) is 3.17. The van der Waals surface area contributed by atoms with Crippen molar-refractivity contribution in [2.45, 2.75) is 6.61 Å². The van der Waals surface area contributed by atoms with Crippen LogP contribution in [0.3, 0.4) is 0 Å². The smallest absolute Gasteiger partial charge is 0.387 e. The number of terminal acetylenes is 1. The van der Waals surface area contributed by atoms with Gasteiger partial charge in [-0.05, 0) is 12.1 Å². The average Bonchev–Trinajstić information content (AvgIpc) is 2.34. The van der Waals surface area contributed by atoms with Crippen LogP contribution in [0.5, 0.6) is 5.75 Å². The molecule has 1 aromatic rings. The first-order chi connectivity index (χ1) is 8.63. The molecule has 0 radical (unpaired) electrons. The van der Waals surface area contributed by atoms with Crippen LogP contribution in [0.25, 0.3) is 6.08 Å². The summed E-state index contributed by atoms with van der Waals surface area (Å²) in [5.74, 6) is 1.85. The van der Waals surface area contributed by atoms with E-state index in [0.29, 0.717) is 5.56 Å². The van der Waals surface area contributed by atoms with E-state index >= 15 is 0 Å². The minimum absolute atomic E-state index is 0.00787. The molecule has 0 atom stereocenters. The zero-order valence-corrected chi connectivity index (χ0v) is 9.40. The van der Waals surface area contributed by atoms with Gasteiger partial charge >= 0.3 is 6.61 Å². The molecule has 0 aliphatic carbocycles.